The molecule has 0 saturated heterocycles. The van der Waals surface area contributed by atoms with E-state index in [1.54, 1.807) is 4.90 Å². The molecule has 1 N–H and O–H groups in total. The zero-order valence-corrected chi connectivity index (χ0v) is 14.5. The van der Waals surface area contributed by atoms with Crippen LogP contribution in [0, 0.1) is 11.8 Å². The van der Waals surface area contributed by atoms with Crippen LogP contribution >= 0.6 is 0 Å². The van der Waals surface area contributed by atoms with E-state index in [1.807, 2.05) is 50.4 Å². The average Bonchev–Trinajstić information content (AvgIpc) is 2.61. The van der Waals surface area contributed by atoms with Gasteiger partial charge in [0, 0.05) is 12.1 Å². The van der Waals surface area contributed by atoms with Gasteiger partial charge in [-0.1, -0.05) is 63.4 Å². The molecule has 1 aromatic carbocycles. The molecule has 24 heavy (non-hydrogen) atoms. The third-order valence-corrected chi connectivity index (χ3v) is 5.02. The van der Waals surface area contributed by atoms with Gasteiger partial charge < -0.3 is 10.2 Å². The lowest BCUT2D eigenvalue weighted by molar-refractivity contribution is -0.143. The lowest BCUT2D eigenvalue weighted by Crippen LogP contribution is -2.54. The largest absolute Gasteiger partial charge is 0.322 e. The van der Waals surface area contributed by atoms with E-state index in [2.05, 4.69) is 5.32 Å². The standard InChI is InChI=1S/C20H26N2O2/c1-14(2)18-19(23)21-17(15-9-5-3-6-10-15)13-22(18)20(24)16-11-7-4-8-12-16/h3,5-6,9-10,13-14,16,18H,4,7-8,11-12H2,1-2H3,(H,21,23)/t18-/m0/s1. The summed E-state index contributed by atoms with van der Waals surface area (Å²) < 4.78 is 0. The van der Waals surface area contributed by atoms with E-state index in [-0.39, 0.29) is 23.7 Å². The monoisotopic (exact) mass is 326 g/mol. The number of carbonyl (C=O) groups excluding carboxylic acids is 2. The molecule has 0 radical (unpaired) electrons. The summed E-state index contributed by atoms with van der Waals surface area (Å²) in [7, 11) is 0. The molecule has 1 aliphatic carbocycles. The summed E-state index contributed by atoms with van der Waals surface area (Å²) in [6, 6.07) is 9.29. The number of rotatable bonds is 3. The van der Waals surface area contributed by atoms with Gasteiger partial charge in [-0.3, -0.25) is 9.59 Å². The molecule has 1 fully saturated rings. The molecule has 1 aliphatic heterocycles. The van der Waals surface area contributed by atoms with Crippen LogP contribution in [-0.4, -0.2) is 22.8 Å². The van der Waals surface area contributed by atoms with Crippen molar-refractivity contribution in [3.8, 4) is 0 Å². The molecule has 2 amide bonds. The Balaban J connectivity index is 1.93. The molecule has 4 heteroatoms. The molecule has 1 saturated carbocycles. The molecule has 3 rings (SSSR count). The lowest BCUT2D eigenvalue weighted by atomic mass is 9.87. The topological polar surface area (TPSA) is 49.4 Å². The predicted molar refractivity (Wildman–Crippen MR) is 94.6 cm³/mol. The van der Waals surface area contributed by atoms with Gasteiger partial charge in [0.25, 0.3) is 0 Å². The van der Waals surface area contributed by atoms with Crippen LogP contribution in [0.1, 0.15) is 51.5 Å². The van der Waals surface area contributed by atoms with Gasteiger partial charge in [-0.15, -0.1) is 0 Å². The van der Waals surface area contributed by atoms with E-state index in [4.69, 9.17) is 0 Å². The smallest absolute Gasteiger partial charge is 0.247 e. The van der Waals surface area contributed by atoms with E-state index < -0.39 is 6.04 Å². The molecule has 1 heterocycles. The van der Waals surface area contributed by atoms with Gasteiger partial charge in [-0.05, 0) is 24.3 Å². The molecular weight excluding hydrogens is 300 g/mol. The minimum absolute atomic E-state index is 0.0548. The van der Waals surface area contributed by atoms with E-state index in [9.17, 15) is 9.59 Å². The second-order valence-electron chi connectivity index (χ2n) is 7.17. The molecule has 1 atom stereocenters. The number of hydrogen-bond donors (Lipinski definition) is 1. The molecule has 128 valence electrons. The van der Waals surface area contributed by atoms with Crippen molar-refractivity contribution >= 4 is 17.5 Å². The highest BCUT2D eigenvalue weighted by Crippen LogP contribution is 2.30. The van der Waals surface area contributed by atoms with Crippen LogP contribution in [0.15, 0.2) is 36.5 Å². The van der Waals surface area contributed by atoms with Gasteiger partial charge in [0.2, 0.25) is 11.8 Å². The lowest BCUT2D eigenvalue weighted by Gasteiger charge is -2.38. The van der Waals surface area contributed by atoms with Crippen molar-refractivity contribution in [2.45, 2.75) is 52.0 Å². The van der Waals surface area contributed by atoms with E-state index in [0.717, 1.165) is 31.2 Å². The Bertz CT molecular complexity index is 630. The number of amides is 2. The Kier molecular flexibility index (Phi) is 5.03. The van der Waals surface area contributed by atoms with Crippen LogP contribution in [0.4, 0.5) is 0 Å². The molecular formula is C20H26N2O2. The zero-order chi connectivity index (χ0) is 17.1. The quantitative estimate of drug-likeness (QED) is 0.923. The molecule has 0 bridgehead atoms. The van der Waals surface area contributed by atoms with Gasteiger partial charge in [0.05, 0.1) is 5.70 Å². The summed E-state index contributed by atoms with van der Waals surface area (Å²) >= 11 is 0. The summed E-state index contributed by atoms with van der Waals surface area (Å²) in [4.78, 5) is 27.5. The van der Waals surface area contributed by atoms with E-state index in [0.29, 0.717) is 5.70 Å². The Hall–Kier alpha value is -2.10. The maximum atomic E-state index is 13.1. The first-order chi connectivity index (χ1) is 11.6. The maximum absolute atomic E-state index is 13.1. The Labute approximate surface area is 143 Å². The summed E-state index contributed by atoms with van der Waals surface area (Å²) in [5, 5.41) is 2.98. The molecule has 4 nitrogen and oxygen atoms in total. The second-order valence-corrected chi connectivity index (χ2v) is 7.17. The van der Waals surface area contributed by atoms with Gasteiger partial charge in [0.15, 0.2) is 0 Å². The second kappa shape index (κ2) is 7.20. The highest BCUT2D eigenvalue weighted by Gasteiger charge is 2.38. The van der Waals surface area contributed by atoms with Gasteiger partial charge in [0.1, 0.15) is 6.04 Å². The fraction of sp³-hybridized carbons (Fsp3) is 0.500. The predicted octanol–water partition coefficient (Wildman–Crippen LogP) is 3.55. The number of carbonyl (C=O) groups is 2. The normalized spacial score (nSPS) is 22.3. The molecule has 0 spiro atoms. The van der Waals surface area contributed by atoms with Crippen molar-refractivity contribution < 1.29 is 9.59 Å². The summed E-state index contributed by atoms with van der Waals surface area (Å²) in [5.74, 6) is 0.150. The van der Waals surface area contributed by atoms with Crippen molar-refractivity contribution in [3.63, 3.8) is 0 Å². The van der Waals surface area contributed by atoms with Gasteiger partial charge in [-0.25, -0.2) is 0 Å². The first-order valence-electron chi connectivity index (χ1n) is 8.98. The zero-order valence-electron chi connectivity index (χ0n) is 14.5. The Morgan fingerprint density at radius 3 is 2.42 bits per heavy atom. The number of nitrogens with zero attached hydrogens (tertiary/aromatic N) is 1. The Morgan fingerprint density at radius 1 is 1.12 bits per heavy atom. The number of nitrogens with one attached hydrogen (secondary N) is 1. The van der Waals surface area contributed by atoms with Crippen LogP contribution in [0.25, 0.3) is 5.70 Å². The highest BCUT2D eigenvalue weighted by atomic mass is 16.2. The highest BCUT2D eigenvalue weighted by molar-refractivity contribution is 5.97. The first-order valence-corrected chi connectivity index (χ1v) is 8.98. The van der Waals surface area contributed by atoms with Crippen molar-refractivity contribution in [1.82, 2.24) is 10.2 Å². The van der Waals surface area contributed by atoms with Crippen molar-refractivity contribution in [2.75, 3.05) is 0 Å². The van der Waals surface area contributed by atoms with Crippen molar-refractivity contribution in [3.05, 3.63) is 42.1 Å². The van der Waals surface area contributed by atoms with E-state index in [1.165, 1.54) is 6.42 Å². The summed E-state index contributed by atoms with van der Waals surface area (Å²) in [5.41, 5.74) is 1.64. The summed E-state index contributed by atoms with van der Waals surface area (Å²) in [6.07, 6.45) is 7.16. The van der Waals surface area contributed by atoms with Crippen molar-refractivity contribution in [1.29, 1.82) is 0 Å². The minimum Gasteiger partial charge on any atom is -0.322 e. The fourth-order valence-electron chi connectivity index (χ4n) is 3.73. The Morgan fingerprint density at radius 2 is 1.79 bits per heavy atom. The van der Waals surface area contributed by atoms with Crippen LogP contribution < -0.4 is 5.32 Å². The number of benzene rings is 1. The minimum atomic E-state index is -0.424. The van der Waals surface area contributed by atoms with Crippen LogP contribution in [-0.2, 0) is 9.59 Å². The maximum Gasteiger partial charge on any atom is 0.247 e. The van der Waals surface area contributed by atoms with Crippen LogP contribution in [0.2, 0.25) is 0 Å². The third-order valence-electron chi connectivity index (χ3n) is 5.02. The van der Waals surface area contributed by atoms with Crippen LogP contribution in [0.5, 0.6) is 0 Å². The number of hydrogen-bond acceptors (Lipinski definition) is 2. The summed E-state index contributed by atoms with van der Waals surface area (Å²) in [6.45, 7) is 3.99. The average molecular weight is 326 g/mol. The molecule has 2 aliphatic rings. The molecule has 1 aromatic rings. The third kappa shape index (κ3) is 3.37. The molecule has 0 unspecified atom stereocenters. The van der Waals surface area contributed by atoms with Gasteiger partial charge in [-0.2, -0.15) is 0 Å². The van der Waals surface area contributed by atoms with Crippen molar-refractivity contribution in [2.24, 2.45) is 11.8 Å². The van der Waals surface area contributed by atoms with Gasteiger partial charge >= 0.3 is 0 Å². The molecule has 0 aromatic heterocycles. The fourth-order valence-corrected chi connectivity index (χ4v) is 3.73. The SMILES string of the molecule is CC(C)[C@H]1C(=O)NC(c2ccccc2)=CN1C(=O)C1CCCCC1. The van der Waals surface area contributed by atoms with E-state index >= 15 is 0 Å². The van der Waals surface area contributed by atoms with Crippen LogP contribution in [0.3, 0.4) is 0 Å². The first kappa shape index (κ1) is 16.7.